The zero-order chi connectivity index (χ0) is 15.1. The molecule has 21 heavy (non-hydrogen) atoms. The number of hydrogen-bond acceptors (Lipinski definition) is 4. The third kappa shape index (κ3) is 4.74. The lowest BCUT2D eigenvalue weighted by molar-refractivity contribution is 0.0600. The molecule has 1 aromatic carbocycles. The number of hydrogen-bond donors (Lipinski definition) is 0. The summed E-state index contributed by atoms with van der Waals surface area (Å²) in [6.07, 6.45) is 4.86. The third-order valence-electron chi connectivity index (χ3n) is 4.13. The van der Waals surface area contributed by atoms with Crippen LogP contribution in [0.15, 0.2) is 24.3 Å². The summed E-state index contributed by atoms with van der Waals surface area (Å²) in [5, 5.41) is 0. The Morgan fingerprint density at radius 2 is 1.57 bits per heavy atom. The quantitative estimate of drug-likeness (QED) is 0.755. The second-order valence-corrected chi connectivity index (χ2v) is 5.67. The number of ether oxygens (including phenoxy) is 3. The van der Waals surface area contributed by atoms with Gasteiger partial charge in [-0.3, -0.25) is 0 Å². The molecule has 0 amide bonds. The van der Waals surface area contributed by atoms with E-state index in [1.165, 1.54) is 32.8 Å². The van der Waals surface area contributed by atoms with Gasteiger partial charge < -0.3 is 14.2 Å². The number of esters is 1. The predicted molar refractivity (Wildman–Crippen MR) is 80.6 cm³/mol. The molecule has 0 atom stereocenters. The van der Waals surface area contributed by atoms with Gasteiger partial charge in [-0.15, -0.1) is 0 Å². The molecule has 1 aromatic rings. The number of carbonyl (C=O) groups is 1. The van der Waals surface area contributed by atoms with Crippen molar-refractivity contribution in [1.82, 2.24) is 0 Å². The molecule has 1 fully saturated rings. The molecule has 0 bridgehead atoms. The van der Waals surface area contributed by atoms with E-state index in [1.807, 2.05) is 12.1 Å². The van der Waals surface area contributed by atoms with Crippen molar-refractivity contribution in [3.05, 3.63) is 29.8 Å². The SMILES string of the molecule is COCC1CCC(COc2ccc(C(=O)OC)cc2)CC1. The summed E-state index contributed by atoms with van der Waals surface area (Å²) in [6, 6.07) is 7.11. The second-order valence-electron chi connectivity index (χ2n) is 5.67. The molecule has 0 aliphatic heterocycles. The standard InChI is InChI=1S/C17H24O4/c1-19-11-13-3-5-14(6-4-13)12-21-16-9-7-15(8-10-16)17(18)20-2/h7-10,13-14H,3-6,11-12H2,1-2H3. The van der Waals surface area contributed by atoms with Crippen LogP contribution < -0.4 is 4.74 Å². The van der Waals surface area contributed by atoms with Gasteiger partial charge in [0.1, 0.15) is 5.75 Å². The minimum atomic E-state index is -0.321. The largest absolute Gasteiger partial charge is 0.493 e. The van der Waals surface area contributed by atoms with Gasteiger partial charge in [-0.05, 0) is 61.8 Å². The van der Waals surface area contributed by atoms with Crippen LogP contribution >= 0.6 is 0 Å². The van der Waals surface area contributed by atoms with Crippen molar-refractivity contribution >= 4 is 5.97 Å². The van der Waals surface area contributed by atoms with Crippen LogP contribution in [-0.4, -0.2) is 33.4 Å². The lowest BCUT2D eigenvalue weighted by atomic mass is 9.83. The highest BCUT2D eigenvalue weighted by Gasteiger charge is 2.21. The minimum Gasteiger partial charge on any atom is -0.493 e. The fourth-order valence-electron chi connectivity index (χ4n) is 2.82. The Morgan fingerprint density at radius 3 is 2.10 bits per heavy atom. The van der Waals surface area contributed by atoms with Crippen LogP contribution in [0.2, 0.25) is 0 Å². The van der Waals surface area contributed by atoms with Gasteiger partial charge >= 0.3 is 5.97 Å². The smallest absolute Gasteiger partial charge is 0.337 e. The molecule has 0 unspecified atom stereocenters. The van der Waals surface area contributed by atoms with Gasteiger partial charge in [-0.2, -0.15) is 0 Å². The van der Waals surface area contributed by atoms with Gasteiger partial charge in [0.15, 0.2) is 0 Å². The fraction of sp³-hybridized carbons (Fsp3) is 0.588. The molecule has 1 aliphatic rings. The van der Waals surface area contributed by atoms with Crippen LogP contribution in [0.5, 0.6) is 5.75 Å². The summed E-state index contributed by atoms with van der Waals surface area (Å²) in [5.41, 5.74) is 0.546. The molecular weight excluding hydrogens is 268 g/mol. The molecule has 116 valence electrons. The van der Waals surface area contributed by atoms with Crippen molar-refractivity contribution in [1.29, 1.82) is 0 Å². The monoisotopic (exact) mass is 292 g/mol. The Balaban J connectivity index is 1.75. The first kappa shape index (κ1) is 15.8. The molecule has 1 aliphatic carbocycles. The van der Waals surface area contributed by atoms with Crippen LogP contribution in [0, 0.1) is 11.8 Å². The summed E-state index contributed by atoms with van der Waals surface area (Å²) in [5.74, 6) is 1.82. The van der Waals surface area contributed by atoms with Crippen molar-refractivity contribution < 1.29 is 19.0 Å². The zero-order valence-corrected chi connectivity index (χ0v) is 12.8. The van der Waals surface area contributed by atoms with Gasteiger partial charge in [0, 0.05) is 13.7 Å². The Hall–Kier alpha value is -1.55. The minimum absolute atomic E-state index is 0.321. The van der Waals surface area contributed by atoms with Crippen molar-refractivity contribution in [2.45, 2.75) is 25.7 Å². The molecular formula is C17H24O4. The van der Waals surface area contributed by atoms with Crippen LogP contribution in [0.25, 0.3) is 0 Å². The normalized spacial score (nSPS) is 21.8. The number of methoxy groups -OCH3 is 2. The molecule has 4 nitrogen and oxygen atoms in total. The fourth-order valence-corrected chi connectivity index (χ4v) is 2.82. The average molecular weight is 292 g/mol. The molecule has 4 heteroatoms. The van der Waals surface area contributed by atoms with E-state index >= 15 is 0 Å². The summed E-state index contributed by atoms with van der Waals surface area (Å²) in [6.45, 7) is 1.62. The molecule has 0 aromatic heterocycles. The maximum absolute atomic E-state index is 11.3. The highest BCUT2D eigenvalue weighted by atomic mass is 16.5. The van der Waals surface area contributed by atoms with Crippen molar-refractivity contribution in [2.75, 3.05) is 27.4 Å². The van der Waals surface area contributed by atoms with E-state index in [1.54, 1.807) is 19.2 Å². The molecule has 1 saturated carbocycles. The average Bonchev–Trinajstić information content (AvgIpc) is 2.54. The van der Waals surface area contributed by atoms with E-state index in [0.717, 1.165) is 19.0 Å². The lowest BCUT2D eigenvalue weighted by Gasteiger charge is -2.27. The Labute approximate surface area is 126 Å². The van der Waals surface area contributed by atoms with E-state index < -0.39 is 0 Å². The van der Waals surface area contributed by atoms with E-state index in [-0.39, 0.29) is 5.97 Å². The first-order chi connectivity index (χ1) is 10.2. The van der Waals surface area contributed by atoms with Gasteiger partial charge in [0.25, 0.3) is 0 Å². The van der Waals surface area contributed by atoms with Gasteiger partial charge in [0.2, 0.25) is 0 Å². The Kier molecular flexibility index (Phi) is 6.05. The molecule has 0 heterocycles. The number of carbonyl (C=O) groups excluding carboxylic acids is 1. The maximum atomic E-state index is 11.3. The summed E-state index contributed by atoms with van der Waals surface area (Å²) in [4.78, 5) is 11.3. The van der Waals surface area contributed by atoms with Gasteiger partial charge in [0.05, 0.1) is 19.3 Å². The molecule has 2 rings (SSSR count). The van der Waals surface area contributed by atoms with E-state index in [2.05, 4.69) is 4.74 Å². The number of rotatable bonds is 6. The maximum Gasteiger partial charge on any atom is 0.337 e. The first-order valence-corrected chi connectivity index (χ1v) is 7.53. The predicted octanol–water partition coefficient (Wildman–Crippen LogP) is 3.30. The zero-order valence-electron chi connectivity index (χ0n) is 12.8. The molecule has 0 radical (unpaired) electrons. The number of benzene rings is 1. The van der Waals surface area contributed by atoms with E-state index in [9.17, 15) is 4.79 Å². The Bertz CT molecular complexity index is 433. The highest BCUT2D eigenvalue weighted by molar-refractivity contribution is 5.89. The molecule has 0 N–H and O–H groups in total. The van der Waals surface area contributed by atoms with Crippen LogP contribution in [-0.2, 0) is 9.47 Å². The highest BCUT2D eigenvalue weighted by Crippen LogP contribution is 2.29. The topological polar surface area (TPSA) is 44.8 Å². The summed E-state index contributed by atoms with van der Waals surface area (Å²) < 4.78 is 15.7. The summed E-state index contributed by atoms with van der Waals surface area (Å²) in [7, 11) is 3.15. The van der Waals surface area contributed by atoms with Crippen LogP contribution in [0.1, 0.15) is 36.0 Å². The van der Waals surface area contributed by atoms with Crippen molar-refractivity contribution in [3.8, 4) is 5.75 Å². The van der Waals surface area contributed by atoms with Crippen LogP contribution in [0.4, 0.5) is 0 Å². The first-order valence-electron chi connectivity index (χ1n) is 7.53. The molecule has 0 saturated heterocycles. The van der Waals surface area contributed by atoms with Crippen molar-refractivity contribution in [2.24, 2.45) is 11.8 Å². The van der Waals surface area contributed by atoms with E-state index in [4.69, 9.17) is 9.47 Å². The Morgan fingerprint density at radius 1 is 1.00 bits per heavy atom. The third-order valence-corrected chi connectivity index (χ3v) is 4.13. The van der Waals surface area contributed by atoms with E-state index in [0.29, 0.717) is 17.4 Å². The molecule has 0 spiro atoms. The summed E-state index contributed by atoms with van der Waals surface area (Å²) >= 11 is 0. The lowest BCUT2D eigenvalue weighted by Crippen LogP contribution is -2.22. The van der Waals surface area contributed by atoms with Crippen LogP contribution in [0.3, 0.4) is 0 Å². The van der Waals surface area contributed by atoms with Gasteiger partial charge in [-0.25, -0.2) is 4.79 Å². The van der Waals surface area contributed by atoms with Crippen molar-refractivity contribution in [3.63, 3.8) is 0 Å². The second kappa shape index (κ2) is 8.03. The van der Waals surface area contributed by atoms with Gasteiger partial charge in [-0.1, -0.05) is 0 Å².